The number of nitrogens with one attached hydrogen (secondary N) is 2. The first kappa shape index (κ1) is 22.2. The molecule has 1 aliphatic carbocycles. The van der Waals surface area contributed by atoms with E-state index < -0.39 is 5.82 Å². The summed E-state index contributed by atoms with van der Waals surface area (Å²) in [5, 5.41) is 15.2. The molecule has 0 saturated heterocycles. The highest BCUT2D eigenvalue weighted by atomic mass is 35.5. The molecule has 1 aliphatic rings. The zero-order chi connectivity index (χ0) is 20.2. The lowest BCUT2D eigenvalue weighted by Crippen LogP contribution is -2.35. The first-order valence-electron chi connectivity index (χ1n) is 10.2. The molecule has 152 valence electrons. The Morgan fingerprint density at radius 3 is 2.18 bits per heavy atom. The van der Waals surface area contributed by atoms with Crippen LogP contribution in [0.3, 0.4) is 0 Å². The van der Waals surface area contributed by atoms with Gasteiger partial charge >= 0.3 is 0 Å². The van der Waals surface area contributed by atoms with Gasteiger partial charge < -0.3 is 10.6 Å². The Kier molecular flexibility index (Phi) is 9.85. The Hall–Kier alpha value is -2.06. The number of nitrogens with zero attached hydrogens (tertiary/aromatic N) is 1. The molecule has 0 aromatic heterocycles. The largest absolute Gasteiger partial charge is 0.360 e. The fraction of sp³-hybridized carbons (Fsp3) is 0.545. The van der Waals surface area contributed by atoms with Crippen LogP contribution in [-0.2, 0) is 4.79 Å². The summed E-state index contributed by atoms with van der Waals surface area (Å²) in [5.74, 6) is -0.891. The first-order valence-corrected chi connectivity index (χ1v) is 10.6. The molecule has 0 bridgehead atoms. The van der Waals surface area contributed by atoms with Crippen LogP contribution in [0.5, 0.6) is 0 Å². The standard InChI is InChI=1S/C22H29ClFN3O/c23-20-14-19(12-13-21(20)24)26-16-17(15-25)22(28)27-18-10-8-6-4-2-1-3-5-7-9-11-18/h12-14,16,18,26H,1-11H2,(H,27,28)/b17-16-. The number of hydrogen-bond donors (Lipinski definition) is 2. The van der Waals surface area contributed by atoms with Gasteiger partial charge in [-0.15, -0.1) is 0 Å². The van der Waals surface area contributed by atoms with Crippen LogP contribution in [0, 0.1) is 17.1 Å². The smallest absolute Gasteiger partial charge is 0.263 e. The summed E-state index contributed by atoms with van der Waals surface area (Å²) in [6.45, 7) is 0. The van der Waals surface area contributed by atoms with Crippen LogP contribution in [0.2, 0.25) is 5.02 Å². The third-order valence-electron chi connectivity index (χ3n) is 5.11. The van der Waals surface area contributed by atoms with E-state index in [1.54, 1.807) is 0 Å². The molecule has 2 N–H and O–H groups in total. The number of halogens is 2. The Bertz CT molecular complexity index is 702. The van der Waals surface area contributed by atoms with Crippen LogP contribution in [-0.4, -0.2) is 11.9 Å². The monoisotopic (exact) mass is 405 g/mol. The van der Waals surface area contributed by atoms with Crippen molar-refractivity contribution in [2.75, 3.05) is 5.32 Å². The molecule has 1 aromatic carbocycles. The molecule has 0 atom stereocenters. The van der Waals surface area contributed by atoms with Crippen molar-refractivity contribution in [3.8, 4) is 6.07 Å². The van der Waals surface area contributed by atoms with Gasteiger partial charge in [-0.05, 0) is 31.0 Å². The molecule has 1 saturated carbocycles. The van der Waals surface area contributed by atoms with Crippen LogP contribution in [0.1, 0.15) is 70.6 Å². The second kappa shape index (κ2) is 12.4. The molecule has 6 heteroatoms. The number of rotatable bonds is 4. The third-order valence-corrected chi connectivity index (χ3v) is 5.40. The molecular weight excluding hydrogens is 377 g/mol. The maximum absolute atomic E-state index is 13.2. The summed E-state index contributed by atoms with van der Waals surface area (Å²) in [6.07, 6.45) is 14.3. The van der Waals surface area contributed by atoms with E-state index in [9.17, 15) is 14.4 Å². The van der Waals surface area contributed by atoms with Gasteiger partial charge in [0.1, 0.15) is 17.5 Å². The second-order valence-electron chi connectivity index (χ2n) is 7.37. The van der Waals surface area contributed by atoms with E-state index >= 15 is 0 Å². The van der Waals surface area contributed by atoms with Gasteiger partial charge in [0.25, 0.3) is 5.91 Å². The minimum atomic E-state index is -0.517. The SMILES string of the molecule is N#C/C(=C/Nc1ccc(F)c(Cl)c1)C(=O)NC1CCCCCCCCCCC1. The van der Waals surface area contributed by atoms with Crippen molar-refractivity contribution in [1.82, 2.24) is 5.32 Å². The topological polar surface area (TPSA) is 64.9 Å². The maximum atomic E-state index is 13.2. The van der Waals surface area contributed by atoms with Gasteiger partial charge in [-0.1, -0.05) is 69.4 Å². The summed E-state index contributed by atoms with van der Waals surface area (Å²) in [5.41, 5.74) is 0.504. The zero-order valence-corrected chi connectivity index (χ0v) is 17.0. The van der Waals surface area contributed by atoms with Gasteiger partial charge in [-0.25, -0.2) is 4.39 Å². The minimum Gasteiger partial charge on any atom is -0.360 e. The first-order chi connectivity index (χ1) is 13.6. The van der Waals surface area contributed by atoms with Gasteiger partial charge in [0.2, 0.25) is 0 Å². The molecule has 4 nitrogen and oxygen atoms in total. The van der Waals surface area contributed by atoms with E-state index in [0.717, 1.165) is 25.7 Å². The van der Waals surface area contributed by atoms with E-state index in [1.165, 1.54) is 69.3 Å². The Morgan fingerprint density at radius 1 is 1.07 bits per heavy atom. The lowest BCUT2D eigenvalue weighted by Gasteiger charge is -2.19. The Balaban J connectivity index is 1.93. The number of amides is 1. The average molecular weight is 406 g/mol. The van der Waals surface area contributed by atoms with E-state index in [1.807, 2.05) is 6.07 Å². The highest BCUT2D eigenvalue weighted by Crippen LogP contribution is 2.20. The summed E-state index contributed by atoms with van der Waals surface area (Å²) in [4.78, 5) is 12.5. The summed E-state index contributed by atoms with van der Waals surface area (Å²) in [6, 6.07) is 6.18. The molecule has 0 radical (unpaired) electrons. The van der Waals surface area contributed by atoms with Crippen molar-refractivity contribution >= 4 is 23.2 Å². The number of carbonyl (C=O) groups excluding carboxylic acids is 1. The van der Waals surface area contributed by atoms with E-state index in [4.69, 9.17) is 11.6 Å². The lowest BCUT2D eigenvalue weighted by molar-refractivity contribution is -0.117. The van der Waals surface area contributed by atoms with Gasteiger partial charge in [0.05, 0.1) is 5.02 Å². The number of anilines is 1. The van der Waals surface area contributed by atoms with Crippen molar-refractivity contribution in [1.29, 1.82) is 5.26 Å². The van der Waals surface area contributed by atoms with Gasteiger partial charge in [-0.2, -0.15) is 5.26 Å². The van der Waals surface area contributed by atoms with Crippen molar-refractivity contribution < 1.29 is 9.18 Å². The Labute approximate surface area is 172 Å². The van der Waals surface area contributed by atoms with Crippen LogP contribution in [0.4, 0.5) is 10.1 Å². The summed E-state index contributed by atoms with van der Waals surface area (Å²) < 4.78 is 13.2. The van der Waals surface area contributed by atoms with Crippen LogP contribution in [0.15, 0.2) is 30.0 Å². The van der Waals surface area contributed by atoms with E-state index in [0.29, 0.717) is 5.69 Å². The molecule has 0 spiro atoms. The highest BCUT2D eigenvalue weighted by molar-refractivity contribution is 6.31. The van der Waals surface area contributed by atoms with Gasteiger partial charge in [-0.3, -0.25) is 4.79 Å². The van der Waals surface area contributed by atoms with Crippen LogP contribution < -0.4 is 10.6 Å². The lowest BCUT2D eigenvalue weighted by atomic mass is 9.98. The fourth-order valence-corrected chi connectivity index (χ4v) is 3.64. The number of carbonyl (C=O) groups is 1. The average Bonchev–Trinajstić information content (AvgIpc) is 2.67. The van der Waals surface area contributed by atoms with Crippen molar-refractivity contribution in [3.63, 3.8) is 0 Å². The quantitative estimate of drug-likeness (QED) is 0.470. The number of hydrogen-bond acceptors (Lipinski definition) is 3. The van der Waals surface area contributed by atoms with Crippen molar-refractivity contribution in [3.05, 3.63) is 40.8 Å². The van der Waals surface area contributed by atoms with Crippen LogP contribution >= 0.6 is 11.6 Å². The van der Waals surface area contributed by atoms with E-state index in [-0.39, 0.29) is 22.5 Å². The molecular formula is C22H29ClFN3O. The predicted molar refractivity (Wildman–Crippen MR) is 111 cm³/mol. The number of benzene rings is 1. The van der Waals surface area contributed by atoms with Gasteiger partial charge in [0.15, 0.2) is 0 Å². The fourth-order valence-electron chi connectivity index (χ4n) is 3.46. The minimum absolute atomic E-state index is 0.00781. The second-order valence-corrected chi connectivity index (χ2v) is 7.78. The third kappa shape index (κ3) is 7.90. The molecule has 0 aliphatic heterocycles. The van der Waals surface area contributed by atoms with Crippen molar-refractivity contribution in [2.24, 2.45) is 0 Å². The number of nitriles is 1. The highest BCUT2D eigenvalue weighted by Gasteiger charge is 2.16. The molecule has 0 heterocycles. The molecule has 2 rings (SSSR count). The summed E-state index contributed by atoms with van der Waals surface area (Å²) >= 11 is 5.75. The maximum Gasteiger partial charge on any atom is 0.263 e. The predicted octanol–water partition coefficient (Wildman–Crippen LogP) is 6.09. The molecule has 1 aromatic rings. The van der Waals surface area contributed by atoms with Crippen molar-refractivity contribution in [2.45, 2.75) is 76.7 Å². The Morgan fingerprint density at radius 2 is 1.64 bits per heavy atom. The van der Waals surface area contributed by atoms with Gasteiger partial charge in [0, 0.05) is 17.9 Å². The van der Waals surface area contributed by atoms with Crippen LogP contribution in [0.25, 0.3) is 0 Å². The molecule has 28 heavy (non-hydrogen) atoms. The molecule has 1 fully saturated rings. The normalized spacial score (nSPS) is 17.7. The summed E-state index contributed by atoms with van der Waals surface area (Å²) in [7, 11) is 0. The molecule has 0 unspecified atom stereocenters. The zero-order valence-electron chi connectivity index (χ0n) is 16.3. The molecule has 1 amide bonds. The van der Waals surface area contributed by atoms with E-state index in [2.05, 4.69) is 10.6 Å².